The average Bonchev–Trinajstić information content (AvgIpc) is 2.65. The molecule has 1 aliphatic heterocycles. The normalized spacial score (nSPS) is 15.1. The number of halogens is 1. The molecule has 0 bridgehead atoms. The van der Waals surface area contributed by atoms with Crippen LogP contribution < -0.4 is 16.0 Å². The fourth-order valence-corrected chi connectivity index (χ4v) is 2.85. The van der Waals surface area contributed by atoms with E-state index in [1.165, 1.54) is 12.1 Å². The quantitative estimate of drug-likeness (QED) is 0.724. The number of amides is 3. The molecule has 2 aromatic carbocycles. The van der Waals surface area contributed by atoms with Gasteiger partial charge in [-0.25, -0.2) is 4.39 Å². The van der Waals surface area contributed by atoms with Gasteiger partial charge in [0, 0.05) is 23.4 Å². The van der Waals surface area contributed by atoms with E-state index in [1.54, 1.807) is 24.3 Å². The molecule has 0 aromatic heterocycles. The van der Waals surface area contributed by atoms with Crippen LogP contribution in [-0.2, 0) is 14.4 Å². The van der Waals surface area contributed by atoms with Crippen LogP contribution in [0.25, 0.3) is 0 Å². The van der Waals surface area contributed by atoms with E-state index in [1.807, 2.05) is 0 Å². The van der Waals surface area contributed by atoms with Gasteiger partial charge in [-0.3, -0.25) is 14.4 Å². The van der Waals surface area contributed by atoms with Crippen molar-refractivity contribution in [2.24, 2.45) is 0 Å². The van der Waals surface area contributed by atoms with Crippen molar-refractivity contribution in [3.63, 3.8) is 0 Å². The first-order valence-corrected chi connectivity index (χ1v) is 8.20. The molecule has 1 aliphatic rings. The highest BCUT2D eigenvalue weighted by Crippen LogP contribution is 2.32. The van der Waals surface area contributed by atoms with E-state index >= 15 is 0 Å². The van der Waals surface area contributed by atoms with Crippen LogP contribution >= 0.6 is 0 Å². The maximum absolute atomic E-state index is 13.3. The summed E-state index contributed by atoms with van der Waals surface area (Å²) in [6.07, 6.45) is 5.24. The van der Waals surface area contributed by atoms with Gasteiger partial charge in [0.2, 0.25) is 17.7 Å². The Labute approximate surface area is 155 Å². The van der Waals surface area contributed by atoms with Crippen molar-refractivity contribution in [2.75, 3.05) is 17.2 Å². The van der Waals surface area contributed by atoms with Crippen molar-refractivity contribution in [1.82, 2.24) is 5.32 Å². The Morgan fingerprint density at radius 3 is 2.85 bits per heavy atom. The maximum Gasteiger partial charge on any atom is 0.243 e. The molecule has 1 unspecified atom stereocenters. The number of benzene rings is 2. The lowest BCUT2D eigenvalue weighted by Crippen LogP contribution is -2.38. The number of anilines is 2. The van der Waals surface area contributed by atoms with Gasteiger partial charge in [0.15, 0.2) is 0 Å². The molecule has 0 spiro atoms. The van der Waals surface area contributed by atoms with Gasteiger partial charge in [-0.05, 0) is 35.9 Å². The molecule has 3 rings (SSSR count). The topological polar surface area (TPSA) is 87.3 Å². The van der Waals surface area contributed by atoms with Gasteiger partial charge in [-0.2, -0.15) is 0 Å². The summed E-state index contributed by atoms with van der Waals surface area (Å²) in [5.74, 6) is -0.130. The average molecular weight is 365 g/mol. The van der Waals surface area contributed by atoms with Crippen molar-refractivity contribution in [2.45, 2.75) is 12.3 Å². The summed E-state index contributed by atoms with van der Waals surface area (Å²) in [6, 6.07) is 10.6. The van der Waals surface area contributed by atoms with Crippen molar-refractivity contribution < 1.29 is 18.8 Å². The summed E-state index contributed by atoms with van der Waals surface area (Å²) in [6.45, 7) is -0.270. The van der Waals surface area contributed by atoms with Crippen LogP contribution in [0.1, 0.15) is 23.5 Å². The molecule has 1 heterocycles. The van der Waals surface area contributed by atoms with Gasteiger partial charge in [-0.1, -0.05) is 18.1 Å². The third kappa shape index (κ3) is 4.30. The molecule has 0 radical (unpaired) electrons. The Morgan fingerprint density at radius 2 is 2.07 bits per heavy atom. The predicted octanol–water partition coefficient (Wildman–Crippen LogP) is 1.99. The van der Waals surface area contributed by atoms with Crippen LogP contribution in [0.15, 0.2) is 42.5 Å². The highest BCUT2D eigenvalue weighted by atomic mass is 19.1. The molecule has 0 fully saturated rings. The largest absolute Gasteiger partial charge is 0.346 e. The molecule has 136 valence electrons. The van der Waals surface area contributed by atoms with Gasteiger partial charge in [0.1, 0.15) is 5.82 Å². The minimum atomic E-state index is -0.785. The number of carbonyl (C=O) groups is 3. The Balaban J connectivity index is 1.63. The smallest absolute Gasteiger partial charge is 0.243 e. The molecule has 6 nitrogen and oxygen atoms in total. The van der Waals surface area contributed by atoms with Crippen LogP contribution in [0.2, 0.25) is 0 Å². The van der Waals surface area contributed by atoms with Gasteiger partial charge < -0.3 is 16.0 Å². The van der Waals surface area contributed by atoms with Crippen molar-refractivity contribution in [3.05, 3.63) is 59.4 Å². The Kier molecular flexibility index (Phi) is 5.18. The Hall–Kier alpha value is -3.66. The summed E-state index contributed by atoms with van der Waals surface area (Å²) >= 11 is 0. The van der Waals surface area contributed by atoms with E-state index in [0.29, 0.717) is 16.8 Å². The molecular formula is C20H16FN3O3. The number of terminal acetylenes is 1. The zero-order chi connectivity index (χ0) is 19.4. The molecule has 3 N–H and O–H groups in total. The number of rotatable bonds is 4. The van der Waals surface area contributed by atoms with Crippen molar-refractivity contribution >= 4 is 29.1 Å². The molecule has 27 heavy (non-hydrogen) atoms. The standard InChI is InChI=1S/C20H16FN3O3/c1-2-12-4-3-5-14(8-12)23-19(26)11-22-20(27)16-10-18(25)24-17-9-13(21)6-7-15(16)17/h1,3-9,16H,10-11H2,(H,22,27)(H,23,26)(H,24,25). The first-order valence-electron chi connectivity index (χ1n) is 8.20. The predicted molar refractivity (Wildman–Crippen MR) is 98.4 cm³/mol. The highest BCUT2D eigenvalue weighted by Gasteiger charge is 2.31. The van der Waals surface area contributed by atoms with Gasteiger partial charge >= 0.3 is 0 Å². The monoisotopic (exact) mass is 365 g/mol. The number of hydrogen-bond acceptors (Lipinski definition) is 3. The second kappa shape index (κ2) is 7.70. The lowest BCUT2D eigenvalue weighted by Gasteiger charge is -2.24. The Bertz CT molecular complexity index is 965. The van der Waals surface area contributed by atoms with E-state index in [0.717, 1.165) is 6.07 Å². The van der Waals surface area contributed by atoms with Crippen LogP contribution in [0.5, 0.6) is 0 Å². The molecule has 0 saturated carbocycles. The van der Waals surface area contributed by atoms with E-state index in [-0.39, 0.29) is 24.6 Å². The lowest BCUT2D eigenvalue weighted by atomic mass is 9.89. The molecule has 3 amide bonds. The second-order valence-corrected chi connectivity index (χ2v) is 6.03. The fraction of sp³-hybridized carbons (Fsp3) is 0.150. The van der Waals surface area contributed by atoms with Gasteiger partial charge in [0.25, 0.3) is 0 Å². The van der Waals surface area contributed by atoms with Crippen molar-refractivity contribution in [1.29, 1.82) is 0 Å². The zero-order valence-electron chi connectivity index (χ0n) is 14.2. The number of hydrogen-bond donors (Lipinski definition) is 3. The third-order valence-electron chi connectivity index (χ3n) is 4.11. The van der Waals surface area contributed by atoms with E-state index in [4.69, 9.17) is 6.42 Å². The maximum atomic E-state index is 13.3. The minimum absolute atomic E-state index is 0.0731. The van der Waals surface area contributed by atoms with Crippen LogP contribution in [-0.4, -0.2) is 24.3 Å². The minimum Gasteiger partial charge on any atom is -0.346 e. The van der Waals surface area contributed by atoms with Crippen LogP contribution in [0.4, 0.5) is 15.8 Å². The molecule has 0 saturated heterocycles. The highest BCUT2D eigenvalue weighted by molar-refractivity contribution is 6.02. The lowest BCUT2D eigenvalue weighted by molar-refractivity contribution is -0.127. The molecular weight excluding hydrogens is 349 g/mol. The summed E-state index contributed by atoms with van der Waals surface area (Å²) in [5.41, 5.74) is 1.91. The fourth-order valence-electron chi connectivity index (χ4n) is 2.85. The van der Waals surface area contributed by atoms with Gasteiger partial charge in [0.05, 0.1) is 12.5 Å². The SMILES string of the molecule is C#Cc1cccc(NC(=O)CNC(=O)C2CC(=O)Nc3cc(F)ccc32)c1. The van der Waals surface area contributed by atoms with E-state index < -0.39 is 23.5 Å². The number of fused-ring (bicyclic) bond motifs is 1. The number of carbonyl (C=O) groups excluding carboxylic acids is 3. The molecule has 2 aromatic rings. The summed E-state index contributed by atoms with van der Waals surface area (Å²) < 4.78 is 13.3. The van der Waals surface area contributed by atoms with E-state index in [9.17, 15) is 18.8 Å². The Morgan fingerprint density at radius 1 is 1.26 bits per heavy atom. The van der Waals surface area contributed by atoms with Gasteiger partial charge in [-0.15, -0.1) is 6.42 Å². The summed E-state index contributed by atoms with van der Waals surface area (Å²) in [7, 11) is 0. The molecule has 7 heteroatoms. The summed E-state index contributed by atoms with van der Waals surface area (Å²) in [5, 5.41) is 7.68. The molecule has 0 aliphatic carbocycles. The third-order valence-corrected chi connectivity index (χ3v) is 4.11. The zero-order valence-corrected chi connectivity index (χ0v) is 14.2. The first-order chi connectivity index (χ1) is 13.0. The molecule has 1 atom stereocenters. The first kappa shape index (κ1) is 18.1. The second-order valence-electron chi connectivity index (χ2n) is 6.03. The van der Waals surface area contributed by atoms with E-state index in [2.05, 4.69) is 21.9 Å². The van der Waals surface area contributed by atoms with Crippen molar-refractivity contribution in [3.8, 4) is 12.3 Å². The number of nitrogens with one attached hydrogen (secondary N) is 3. The summed E-state index contributed by atoms with van der Waals surface area (Å²) in [4.78, 5) is 36.3. The van der Waals surface area contributed by atoms with Crippen LogP contribution in [0.3, 0.4) is 0 Å². The van der Waals surface area contributed by atoms with Crippen LogP contribution in [0, 0.1) is 18.2 Å².